The van der Waals surface area contributed by atoms with Gasteiger partial charge in [-0.2, -0.15) is 0 Å². The number of hydrogen-bond acceptors (Lipinski definition) is 6. The first-order chi connectivity index (χ1) is 17.7. The molecule has 6 aromatic rings. The Morgan fingerprint density at radius 3 is 1.36 bits per heavy atom. The van der Waals surface area contributed by atoms with Crippen LogP contribution in [-0.4, -0.2) is 31.9 Å². The topological polar surface area (TPSA) is 110 Å². The molecule has 0 atom stereocenters. The number of benzene rings is 2. The van der Waals surface area contributed by atoms with Crippen LogP contribution in [0, 0.1) is 0 Å². The molecule has 4 heterocycles. The van der Waals surface area contributed by atoms with Gasteiger partial charge in [-0.15, -0.1) is 0 Å². The summed E-state index contributed by atoms with van der Waals surface area (Å²) in [6.45, 7) is 0. The molecule has 0 aliphatic rings. The van der Waals surface area contributed by atoms with Crippen molar-refractivity contribution < 1.29 is 19.1 Å². The third-order valence-corrected chi connectivity index (χ3v) is 5.79. The van der Waals surface area contributed by atoms with Gasteiger partial charge in [-0.3, -0.25) is 9.97 Å². The van der Waals surface area contributed by atoms with Crippen LogP contribution in [0.15, 0.2) is 97.6 Å². The van der Waals surface area contributed by atoms with Gasteiger partial charge in [0.05, 0.1) is 11.1 Å². The van der Waals surface area contributed by atoms with Crippen molar-refractivity contribution in [2.45, 2.75) is 0 Å². The second-order valence-corrected chi connectivity index (χ2v) is 8.00. The van der Waals surface area contributed by atoms with E-state index < -0.39 is 11.9 Å². The number of aromatic amines is 2. The van der Waals surface area contributed by atoms with Crippen molar-refractivity contribution in [1.82, 2.24) is 19.9 Å². The van der Waals surface area contributed by atoms with Crippen LogP contribution in [0.1, 0.15) is 20.7 Å². The molecule has 2 aromatic carbocycles. The number of nitrogens with zero attached hydrogens (tertiary/aromatic N) is 2. The molecule has 6 rings (SSSR count). The lowest BCUT2D eigenvalue weighted by molar-refractivity contribution is 0.0725. The van der Waals surface area contributed by atoms with Crippen LogP contribution in [0.2, 0.25) is 0 Å². The number of pyridine rings is 2. The largest absolute Gasteiger partial charge is 0.420 e. The molecule has 4 aromatic heterocycles. The smallest absolute Gasteiger partial charge is 0.343 e. The summed E-state index contributed by atoms with van der Waals surface area (Å²) >= 11 is 0. The lowest BCUT2D eigenvalue weighted by atomic mass is 10.2. The Kier molecular flexibility index (Phi) is 5.23. The van der Waals surface area contributed by atoms with Crippen LogP contribution in [-0.2, 0) is 0 Å². The Labute approximate surface area is 204 Å². The summed E-state index contributed by atoms with van der Waals surface area (Å²) in [6, 6.07) is 21.3. The van der Waals surface area contributed by atoms with Gasteiger partial charge in [-0.25, -0.2) is 9.59 Å². The van der Waals surface area contributed by atoms with E-state index in [9.17, 15) is 9.59 Å². The summed E-state index contributed by atoms with van der Waals surface area (Å²) in [4.78, 5) is 40.6. The normalized spacial score (nSPS) is 11.0. The van der Waals surface area contributed by atoms with Crippen molar-refractivity contribution in [3.8, 4) is 22.9 Å². The Balaban J connectivity index is 1.51. The van der Waals surface area contributed by atoms with E-state index in [0.717, 1.165) is 11.0 Å². The Morgan fingerprint density at radius 2 is 0.944 bits per heavy atom. The molecular weight excluding hydrogens is 456 g/mol. The number of carbonyl (C=O) groups is 2. The van der Waals surface area contributed by atoms with E-state index in [1.165, 1.54) is 24.8 Å². The first-order valence-electron chi connectivity index (χ1n) is 11.2. The number of H-pyrrole nitrogens is 2. The van der Waals surface area contributed by atoms with Gasteiger partial charge in [0.25, 0.3) is 0 Å². The maximum atomic E-state index is 13.0. The monoisotopic (exact) mass is 474 g/mol. The first kappa shape index (κ1) is 21.3. The van der Waals surface area contributed by atoms with Crippen LogP contribution < -0.4 is 9.47 Å². The highest BCUT2D eigenvalue weighted by molar-refractivity contribution is 6.04. The third kappa shape index (κ3) is 3.76. The van der Waals surface area contributed by atoms with Crippen LogP contribution in [0.5, 0.6) is 11.5 Å². The summed E-state index contributed by atoms with van der Waals surface area (Å²) < 4.78 is 11.8. The molecule has 0 fully saturated rings. The number of hydrogen-bond donors (Lipinski definition) is 2. The van der Waals surface area contributed by atoms with Gasteiger partial charge >= 0.3 is 11.9 Å². The summed E-state index contributed by atoms with van der Waals surface area (Å²) in [7, 11) is 0. The minimum Gasteiger partial charge on any atom is -0.420 e. The molecule has 2 N–H and O–H groups in total. The number of aromatic nitrogens is 4. The average Bonchev–Trinajstić information content (AvgIpc) is 3.48. The van der Waals surface area contributed by atoms with Crippen molar-refractivity contribution in [2.24, 2.45) is 0 Å². The zero-order valence-corrected chi connectivity index (χ0v) is 18.8. The minimum absolute atomic E-state index is 0.320. The highest BCUT2D eigenvalue weighted by Gasteiger charge is 2.25. The third-order valence-electron chi connectivity index (χ3n) is 5.79. The SMILES string of the molecule is O=C(Oc1c(-c2[nH]c3ccccc3c2OC(=O)c2ccncc2)[nH]c2ccccc12)c1ccncc1. The Hall–Kier alpha value is -5.24. The molecule has 36 heavy (non-hydrogen) atoms. The quantitative estimate of drug-likeness (QED) is 0.317. The molecule has 0 unspecified atom stereocenters. The van der Waals surface area contributed by atoms with Gasteiger partial charge in [-0.1, -0.05) is 24.3 Å². The number of carbonyl (C=O) groups excluding carboxylic acids is 2. The maximum Gasteiger partial charge on any atom is 0.343 e. The zero-order valence-electron chi connectivity index (χ0n) is 18.8. The lowest BCUT2D eigenvalue weighted by Gasteiger charge is -2.09. The predicted molar refractivity (Wildman–Crippen MR) is 134 cm³/mol. The first-order valence-corrected chi connectivity index (χ1v) is 11.2. The predicted octanol–water partition coefficient (Wildman–Crippen LogP) is 5.54. The fraction of sp³-hybridized carbons (Fsp3) is 0. The van der Waals surface area contributed by atoms with Gasteiger partial charge < -0.3 is 19.4 Å². The number of ether oxygens (including phenoxy) is 2. The number of nitrogens with one attached hydrogen (secondary N) is 2. The van der Waals surface area contributed by atoms with Gasteiger partial charge in [0.1, 0.15) is 11.4 Å². The summed E-state index contributed by atoms with van der Waals surface area (Å²) in [5.41, 5.74) is 3.20. The zero-order chi connectivity index (χ0) is 24.5. The minimum atomic E-state index is -0.533. The molecule has 0 saturated carbocycles. The molecule has 0 radical (unpaired) electrons. The van der Waals surface area contributed by atoms with E-state index in [2.05, 4.69) is 19.9 Å². The maximum absolute atomic E-state index is 13.0. The Morgan fingerprint density at radius 1 is 0.556 bits per heavy atom. The van der Waals surface area contributed by atoms with Gasteiger partial charge in [0, 0.05) is 46.6 Å². The van der Waals surface area contributed by atoms with Gasteiger partial charge in [0.2, 0.25) is 0 Å². The second kappa shape index (κ2) is 8.84. The van der Waals surface area contributed by atoms with Crippen LogP contribution in [0.4, 0.5) is 0 Å². The molecule has 0 amide bonds. The number of rotatable bonds is 5. The molecule has 0 spiro atoms. The van der Waals surface area contributed by atoms with E-state index in [1.54, 1.807) is 24.3 Å². The van der Waals surface area contributed by atoms with E-state index >= 15 is 0 Å². The average molecular weight is 474 g/mol. The molecule has 8 heteroatoms. The van der Waals surface area contributed by atoms with Crippen LogP contribution in [0.25, 0.3) is 33.2 Å². The molecule has 174 valence electrons. The van der Waals surface area contributed by atoms with E-state index in [1.807, 2.05) is 48.5 Å². The lowest BCUT2D eigenvalue weighted by Crippen LogP contribution is -2.10. The number of para-hydroxylation sites is 2. The second-order valence-electron chi connectivity index (χ2n) is 8.00. The van der Waals surface area contributed by atoms with Crippen molar-refractivity contribution in [3.05, 3.63) is 109 Å². The standard InChI is InChI=1S/C28H18N4O4/c33-27(17-9-13-29-14-10-17)35-25-19-5-1-3-7-21(19)31-23(25)24-26(20-6-2-4-8-22(20)32-24)36-28(34)18-11-15-30-16-12-18/h1-16,31-32H. The molecule has 0 aliphatic carbocycles. The molecule has 0 bridgehead atoms. The number of fused-ring (bicyclic) bond motifs is 2. The van der Waals surface area contributed by atoms with Crippen molar-refractivity contribution in [3.63, 3.8) is 0 Å². The van der Waals surface area contributed by atoms with E-state index in [4.69, 9.17) is 9.47 Å². The van der Waals surface area contributed by atoms with Crippen LogP contribution in [0.3, 0.4) is 0 Å². The van der Waals surface area contributed by atoms with Gasteiger partial charge in [0.15, 0.2) is 11.5 Å². The van der Waals surface area contributed by atoms with Crippen molar-refractivity contribution in [1.29, 1.82) is 0 Å². The van der Waals surface area contributed by atoms with Gasteiger partial charge in [-0.05, 0) is 48.5 Å². The molecule has 8 nitrogen and oxygen atoms in total. The Bertz CT molecular complexity index is 1590. The van der Waals surface area contributed by atoms with Crippen LogP contribution >= 0.6 is 0 Å². The summed E-state index contributed by atoms with van der Waals surface area (Å²) in [5, 5.41) is 1.42. The number of esters is 2. The van der Waals surface area contributed by atoms with E-state index in [-0.39, 0.29) is 0 Å². The van der Waals surface area contributed by atoms with E-state index in [0.29, 0.717) is 44.8 Å². The molecule has 0 saturated heterocycles. The summed E-state index contributed by atoms with van der Waals surface area (Å²) in [6.07, 6.45) is 6.12. The summed E-state index contributed by atoms with van der Waals surface area (Å²) in [5.74, 6) is -0.426. The highest BCUT2D eigenvalue weighted by Crippen LogP contribution is 2.44. The fourth-order valence-electron chi connectivity index (χ4n) is 4.08. The molecule has 0 aliphatic heterocycles. The fourth-order valence-corrected chi connectivity index (χ4v) is 4.08. The highest BCUT2D eigenvalue weighted by atomic mass is 16.5. The van der Waals surface area contributed by atoms with Crippen molar-refractivity contribution >= 4 is 33.7 Å². The van der Waals surface area contributed by atoms with Crippen molar-refractivity contribution in [2.75, 3.05) is 0 Å². The molecular formula is C28H18N4O4.